The number of carbonyl (C=O) groups is 1. The summed E-state index contributed by atoms with van der Waals surface area (Å²) in [5.74, 6) is -0.0232. The van der Waals surface area contributed by atoms with Crippen LogP contribution in [-0.4, -0.2) is 54.5 Å². The minimum atomic E-state index is -3.67. The number of nitrogens with one attached hydrogen (secondary N) is 1. The molecule has 0 saturated carbocycles. The van der Waals surface area contributed by atoms with Crippen LogP contribution in [0.4, 0.5) is 5.69 Å². The maximum Gasteiger partial charge on any atom is 0.308 e. The Kier molecular flexibility index (Phi) is 8.98. The number of ether oxygens (including phenoxy) is 4. The van der Waals surface area contributed by atoms with Crippen LogP contribution in [-0.2, 0) is 20.4 Å². The fourth-order valence-corrected chi connectivity index (χ4v) is 4.07. The molecule has 0 amide bonds. The van der Waals surface area contributed by atoms with Crippen LogP contribution in [0.1, 0.15) is 18.1 Å². The Hall–Kier alpha value is -3.40. The number of hydrogen-bond acceptors (Lipinski definition) is 8. The molecule has 2 aromatic rings. The lowest BCUT2D eigenvalue weighted by Crippen LogP contribution is -2.20. The van der Waals surface area contributed by atoms with E-state index in [2.05, 4.69) is 5.32 Å². The first-order chi connectivity index (χ1) is 15.6. The highest BCUT2D eigenvalue weighted by atomic mass is 32.2. The molecule has 0 fully saturated rings. The number of sulfone groups is 1. The van der Waals surface area contributed by atoms with E-state index in [9.17, 15) is 13.2 Å². The van der Waals surface area contributed by atoms with Gasteiger partial charge in [0.2, 0.25) is 0 Å². The van der Waals surface area contributed by atoms with Crippen molar-refractivity contribution in [3.8, 4) is 23.0 Å². The van der Waals surface area contributed by atoms with Crippen LogP contribution in [0.25, 0.3) is 6.08 Å². The number of methoxy groups -OCH3 is 4. The molecule has 1 atom stereocenters. The molecule has 0 aliphatic rings. The van der Waals surface area contributed by atoms with E-state index in [1.807, 2.05) is 0 Å². The van der Waals surface area contributed by atoms with E-state index >= 15 is 0 Å². The van der Waals surface area contributed by atoms with Gasteiger partial charge in [0, 0.05) is 24.1 Å². The second kappa shape index (κ2) is 11.5. The van der Waals surface area contributed by atoms with Crippen LogP contribution >= 0.6 is 0 Å². The van der Waals surface area contributed by atoms with Crippen molar-refractivity contribution >= 4 is 27.6 Å². The predicted octanol–water partition coefficient (Wildman–Crippen LogP) is 3.44. The van der Waals surface area contributed by atoms with Gasteiger partial charge in [0.1, 0.15) is 23.0 Å². The number of carboxylic acid groups (broad SMARTS) is 1. The maximum atomic E-state index is 12.8. The van der Waals surface area contributed by atoms with Gasteiger partial charge in [0.25, 0.3) is 0 Å². The maximum absolute atomic E-state index is 12.8. The lowest BCUT2D eigenvalue weighted by Gasteiger charge is -2.14. The van der Waals surface area contributed by atoms with Gasteiger partial charge in [-0.2, -0.15) is 0 Å². The van der Waals surface area contributed by atoms with Gasteiger partial charge in [0.05, 0.1) is 51.4 Å². The summed E-state index contributed by atoms with van der Waals surface area (Å²) in [4.78, 5) is 11.1. The van der Waals surface area contributed by atoms with Gasteiger partial charge in [-0.3, -0.25) is 4.79 Å². The number of aliphatic carboxylic acids is 1. The molecule has 1 unspecified atom stereocenters. The van der Waals surface area contributed by atoms with Gasteiger partial charge in [0.15, 0.2) is 9.84 Å². The average molecular weight is 480 g/mol. The Morgan fingerprint density at radius 2 is 1.61 bits per heavy atom. The number of benzene rings is 2. The molecule has 0 radical (unpaired) electrons. The highest BCUT2D eigenvalue weighted by molar-refractivity contribution is 7.93. The molecule has 0 aliphatic heterocycles. The summed E-state index contributed by atoms with van der Waals surface area (Å²) in [6.45, 7) is 1.74. The van der Waals surface area contributed by atoms with Crippen LogP contribution in [0, 0.1) is 5.92 Å². The summed E-state index contributed by atoms with van der Waals surface area (Å²) in [5, 5.41) is 13.2. The Balaban J connectivity index is 2.28. The average Bonchev–Trinajstić information content (AvgIpc) is 2.80. The zero-order valence-electron chi connectivity index (χ0n) is 19.2. The second-order valence-electron chi connectivity index (χ2n) is 7.21. The normalized spacial score (nSPS) is 12.3. The first kappa shape index (κ1) is 25.9. The minimum Gasteiger partial charge on any atom is -0.496 e. The van der Waals surface area contributed by atoms with E-state index in [1.165, 1.54) is 34.5 Å². The van der Waals surface area contributed by atoms with Crippen LogP contribution in [0.3, 0.4) is 0 Å². The third kappa shape index (κ3) is 7.04. The van der Waals surface area contributed by atoms with E-state index < -0.39 is 21.7 Å². The van der Waals surface area contributed by atoms with Crippen molar-refractivity contribution in [3.63, 3.8) is 0 Å². The van der Waals surface area contributed by atoms with Crippen molar-refractivity contribution in [1.82, 2.24) is 0 Å². The predicted molar refractivity (Wildman–Crippen MR) is 126 cm³/mol. The highest BCUT2D eigenvalue weighted by Crippen LogP contribution is 2.35. The Morgan fingerprint density at radius 3 is 2.12 bits per heavy atom. The Labute approximate surface area is 193 Å². The summed E-state index contributed by atoms with van der Waals surface area (Å²) in [7, 11) is 2.26. The van der Waals surface area contributed by atoms with Gasteiger partial charge in [-0.25, -0.2) is 8.42 Å². The Bertz CT molecular complexity index is 1090. The monoisotopic (exact) mass is 479 g/mol. The first-order valence-electron chi connectivity index (χ1n) is 9.98. The molecule has 180 valence electrons. The van der Waals surface area contributed by atoms with Gasteiger partial charge in [-0.1, -0.05) is 13.0 Å². The quantitative estimate of drug-likeness (QED) is 0.471. The molecular formula is C23H29NO8S. The molecule has 2 aromatic carbocycles. The molecule has 0 saturated heterocycles. The number of hydrogen-bond donors (Lipinski definition) is 2. The topological polar surface area (TPSA) is 120 Å². The summed E-state index contributed by atoms with van der Waals surface area (Å²) in [6, 6.07) is 8.18. The standard InChI is InChI=1S/C23H29NO8S/c1-15(23(25)26)13-24-19-10-16(6-7-20(19)30-3)14-33(27,28)9-8-18-21(31-4)11-17(29-2)12-22(18)32-5/h6-12,15,24H,13-14H2,1-5H3,(H,25,26). The SMILES string of the molecule is COc1cc(OC)c(C=CS(=O)(=O)Cc2ccc(OC)c(NCC(C)C(=O)O)c2)c(OC)c1. The van der Waals surface area contributed by atoms with Gasteiger partial charge < -0.3 is 29.4 Å². The lowest BCUT2D eigenvalue weighted by atomic mass is 10.1. The third-order valence-electron chi connectivity index (χ3n) is 4.85. The highest BCUT2D eigenvalue weighted by Gasteiger charge is 2.16. The van der Waals surface area contributed by atoms with Gasteiger partial charge in [-0.15, -0.1) is 0 Å². The van der Waals surface area contributed by atoms with Crippen LogP contribution in [0.15, 0.2) is 35.7 Å². The van der Waals surface area contributed by atoms with Crippen molar-refractivity contribution in [1.29, 1.82) is 0 Å². The van der Waals surface area contributed by atoms with Crippen molar-refractivity contribution in [2.45, 2.75) is 12.7 Å². The van der Waals surface area contributed by atoms with Crippen molar-refractivity contribution in [2.24, 2.45) is 5.92 Å². The molecule has 0 aliphatic carbocycles. The molecular weight excluding hydrogens is 450 g/mol. The van der Waals surface area contributed by atoms with Crippen molar-refractivity contribution in [2.75, 3.05) is 40.3 Å². The molecule has 33 heavy (non-hydrogen) atoms. The van der Waals surface area contributed by atoms with Crippen molar-refractivity contribution in [3.05, 3.63) is 46.9 Å². The molecule has 0 heterocycles. The number of rotatable bonds is 12. The number of anilines is 1. The molecule has 9 nitrogen and oxygen atoms in total. The summed E-state index contributed by atoms with van der Waals surface area (Å²) < 4.78 is 46.8. The van der Waals surface area contributed by atoms with Crippen LogP contribution in [0.2, 0.25) is 0 Å². The van der Waals surface area contributed by atoms with E-state index in [1.54, 1.807) is 37.3 Å². The first-order valence-corrected chi connectivity index (χ1v) is 11.7. The van der Waals surface area contributed by atoms with Crippen LogP contribution < -0.4 is 24.3 Å². The minimum absolute atomic E-state index is 0.166. The largest absolute Gasteiger partial charge is 0.496 e. The summed E-state index contributed by atoms with van der Waals surface area (Å²) in [5.41, 5.74) is 1.49. The molecule has 0 bridgehead atoms. The van der Waals surface area contributed by atoms with Gasteiger partial charge in [-0.05, 0) is 23.8 Å². The summed E-state index contributed by atoms with van der Waals surface area (Å²) in [6.07, 6.45) is 1.42. The molecule has 2 N–H and O–H groups in total. The molecule has 0 aromatic heterocycles. The van der Waals surface area contributed by atoms with E-state index in [-0.39, 0.29) is 12.3 Å². The third-order valence-corrected chi connectivity index (χ3v) is 6.13. The number of carboxylic acids is 1. The second-order valence-corrected chi connectivity index (χ2v) is 9.10. The zero-order chi connectivity index (χ0) is 24.6. The van der Waals surface area contributed by atoms with E-state index in [4.69, 9.17) is 24.1 Å². The van der Waals surface area contributed by atoms with Crippen molar-refractivity contribution < 1.29 is 37.3 Å². The van der Waals surface area contributed by atoms with Gasteiger partial charge >= 0.3 is 5.97 Å². The lowest BCUT2D eigenvalue weighted by molar-refractivity contribution is -0.140. The Morgan fingerprint density at radius 1 is 1.00 bits per heavy atom. The fraction of sp³-hybridized carbons (Fsp3) is 0.348. The van der Waals surface area contributed by atoms with E-state index in [0.29, 0.717) is 39.8 Å². The molecule has 10 heteroatoms. The smallest absolute Gasteiger partial charge is 0.308 e. The molecule has 0 spiro atoms. The van der Waals surface area contributed by atoms with Crippen LogP contribution in [0.5, 0.6) is 23.0 Å². The zero-order valence-corrected chi connectivity index (χ0v) is 20.1. The van der Waals surface area contributed by atoms with E-state index in [0.717, 1.165) is 5.41 Å². The fourth-order valence-electron chi connectivity index (χ4n) is 2.98. The summed E-state index contributed by atoms with van der Waals surface area (Å²) >= 11 is 0. The molecule has 2 rings (SSSR count).